The molecule has 3 aromatic rings. The molecule has 1 amide bonds. The lowest BCUT2D eigenvalue weighted by atomic mass is 9.82. The summed E-state index contributed by atoms with van der Waals surface area (Å²) < 4.78 is 40.8. The predicted octanol–water partition coefficient (Wildman–Crippen LogP) is 4.85. The first-order valence-corrected chi connectivity index (χ1v) is 13.3. The number of hydrogen-bond acceptors (Lipinski definition) is 6. The van der Waals surface area contributed by atoms with Crippen molar-refractivity contribution in [1.82, 2.24) is 9.47 Å². The second-order valence-electron chi connectivity index (χ2n) is 10.9. The highest BCUT2D eigenvalue weighted by atomic mass is 19.1. The minimum Gasteiger partial charge on any atom is -0.468 e. The molecule has 0 saturated carbocycles. The van der Waals surface area contributed by atoms with Gasteiger partial charge in [-0.15, -0.1) is 0 Å². The second-order valence-corrected chi connectivity index (χ2v) is 10.9. The molecule has 0 fully saturated rings. The lowest BCUT2D eigenvalue weighted by Crippen LogP contribution is -2.46. The monoisotopic (exact) mass is 569 g/mol. The molecule has 0 radical (unpaired) electrons. The molecule has 0 bridgehead atoms. The molecule has 0 aliphatic heterocycles. The summed E-state index contributed by atoms with van der Waals surface area (Å²) in [7, 11) is 1.23. The molecule has 2 aromatic carbocycles. The predicted molar refractivity (Wildman–Crippen MR) is 150 cm³/mol. The molecule has 41 heavy (non-hydrogen) atoms. The van der Waals surface area contributed by atoms with Gasteiger partial charge in [0.25, 0.3) is 5.91 Å². The van der Waals surface area contributed by atoms with Crippen LogP contribution >= 0.6 is 0 Å². The van der Waals surface area contributed by atoms with Crippen molar-refractivity contribution < 1.29 is 32.6 Å². The summed E-state index contributed by atoms with van der Waals surface area (Å²) in [4.78, 5) is 38.7. The van der Waals surface area contributed by atoms with E-state index in [0.29, 0.717) is 17.8 Å². The number of aromatic nitrogens is 1. The Morgan fingerprint density at radius 2 is 1.73 bits per heavy atom. The number of nitrogens with zero attached hydrogens (tertiary/aromatic N) is 2. The Kier molecular flexibility index (Phi) is 10.4. The first-order chi connectivity index (χ1) is 19.3. The molecule has 0 aliphatic carbocycles. The van der Waals surface area contributed by atoms with E-state index in [1.54, 1.807) is 12.3 Å². The molecule has 8 nitrogen and oxygen atoms in total. The van der Waals surface area contributed by atoms with Crippen LogP contribution in [0.1, 0.15) is 51.4 Å². The molecule has 10 heteroatoms. The summed E-state index contributed by atoms with van der Waals surface area (Å²) in [6.45, 7) is 6.92. The number of esters is 2. The Bertz CT molecular complexity index is 1370. The molecule has 1 aromatic heterocycles. The highest BCUT2D eigenvalue weighted by molar-refractivity contribution is 5.81. The second kappa shape index (κ2) is 13.5. The van der Waals surface area contributed by atoms with E-state index in [-0.39, 0.29) is 18.5 Å². The molecule has 1 heterocycles. The lowest BCUT2D eigenvalue weighted by molar-refractivity contribution is -0.153. The van der Waals surface area contributed by atoms with Crippen molar-refractivity contribution >= 4 is 17.8 Å². The summed E-state index contributed by atoms with van der Waals surface area (Å²) in [6.07, 6.45) is 1.81. The molecule has 0 spiro atoms. The zero-order valence-corrected chi connectivity index (χ0v) is 24.0. The van der Waals surface area contributed by atoms with Gasteiger partial charge in [-0.3, -0.25) is 14.4 Å². The smallest absolute Gasteiger partial charge is 0.322 e. The van der Waals surface area contributed by atoms with E-state index in [2.05, 4.69) is 0 Å². The third-order valence-corrected chi connectivity index (χ3v) is 6.68. The zero-order valence-electron chi connectivity index (χ0n) is 24.0. The number of amides is 1. The third-order valence-electron chi connectivity index (χ3n) is 6.68. The van der Waals surface area contributed by atoms with Crippen molar-refractivity contribution in [2.24, 2.45) is 11.1 Å². The summed E-state index contributed by atoms with van der Waals surface area (Å²) in [6, 6.07) is 12.9. The highest BCUT2D eigenvalue weighted by Crippen LogP contribution is 2.41. The van der Waals surface area contributed by atoms with Crippen LogP contribution in [0.15, 0.2) is 60.8 Å². The largest absolute Gasteiger partial charge is 0.468 e. The Labute approximate surface area is 239 Å². The van der Waals surface area contributed by atoms with Crippen molar-refractivity contribution in [2.45, 2.75) is 52.7 Å². The minimum atomic E-state index is -0.988. The number of rotatable bonds is 11. The Balaban J connectivity index is 2.18. The van der Waals surface area contributed by atoms with Gasteiger partial charge in [0.2, 0.25) is 0 Å². The van der Waals surface area contributed by atoms with Crippen LogP contribution in [0.4, 0.5) is 8.78 Å². The van der Waals surface area contributed by atoms with Gasteiger partial charge in [-0.05, 0) is 41.7 Å². The average molecular weight is 570 g/mol. The fraction of sp³-hybridized carbons (Fsp3) is 0.387. The van der Waals surface area contributed by atoms with Crippen LogP contribution in [0.25, 0.3) is 11.1 Å². The van der Waals surface area contributed by atoms with Crippen molar-refractivity contribution in [3.05, 3.63) is 83.7 Å². The van der Waals surface area contributed by atoms with E-state index in [4.69, 9.17) is 15.2 Å². The van der Waals surface area contributed by atoms with E-state index in [1.165, 1.54) is 18.9 Å². The van der Waals surface area contributed by atoms with Gasteiger partial charge in [0.15, 0.2) is 6.61 Å². The average Bonchev–Trinajstić information content (AvgIpc) is 3.32. The normalized spacial score (nSPS) is 12.9. The van der Waals surface area contributed by atoms with Crippen LogP contribution in [0.3, 0.4) is 0 Å². The van der Waals surface area contributed by atoms with Crippen molar-refractivity contribution in [3.63, 3.8) is 0 Å². The first kappa shape index (κ1) is 31.5. The maximum Gasteiger partial charge on any atom is 0.322 e. The summed E-state index contributed by atoms with van der Waals surface area (Å²) >= 11 is 0. The number of halogens is 2. The number of hydrogen-bond donors (Lipinski definition) is 1. The number of ether oxygens (including phenoxy) is 2. The number of benzene rings is 2. The van der Waals surface area contributed by atoms with Gasteiger partial charge in [-0.2, -0.15) is 0 Å². The molecule has 0 saturated heterocycles. The summed E-state index contributed by atoms with van der Waals surface area (Å²) in [5.41, 5.74) is 7.51. The van der Waals surface area contributed by atoms with E-state index < -0.39 is 53.6 Å². The number of carbonyl (C=O) groups excluding carboxylic acids is 3. The molecular formula is C31H37F2N3O5. The SMILES string of the molecule is COC(=O)[C@@H](N)CCN(C(=O)COC(C)=O)[C@@H](c1cc(-c2cc(F)ccc2F)cn1Cc1ccccc1)C(C)(C)C. The highest BCUT2D eigenvalue weighted by Gasteiger charge is 2.38. The van der Waals surface area contributed by atoms with Gasteiger partial charge in [-0.25, -0.2) is 8.78 Å². The van der Waals surface area contributed by atoms with E-state index in [1.807, 2.05) is 55.7 Å². The van der Waals surface area contributed by atoms with E-state index in [9.17, 15) is 23.2 Å². The standard InChI is InChI=1S/C31H37F2N3O5/c1-20(37)41-19-28(38)36(14-13-26(34)30(39)40-5)29(31(2,3)4)27-15-22(24-16-23(32)11-12-25(24)33)18-35(27)17-21-9-7-6-8-10-21/h6-12,15-16,18,26,29H,13-14,17,19,34H2,1-5H3/t26-,29-/m0/s1. The molecule has 2 atom stereocenters. The van der Waals surface area contributed by atoms with Crippen molar-refractivity contribution in [3.8, 4) is 11.1 Å². The van der Waals surface area contributed by atoms with Crippen molar-refractivity contribution in [1.29, 1.82) is 0 Å². The first-order valence-electron chi connectivity index (χ1n) is 13.3. The van der Waals surface area contributed by atoms with Gasteiger partial charge in [0.1, 0.15) is 17.7 Å². The minimum absolute atomic E-state index is 0.0402. The Morgan fingerprint density at radius 3 is 2.34 bits per heavy atom. The zero-order chi connectivity index (χ0) is 30.3. The van der Waals surface area contributed by atoms with Crippen LogP contribution in [0, 0.1) is 17.0 Å². The maximum atomic E-state index is 14.9. The maximum absolute atomic E-state index is 14.9. The number of carbonyl (C=O) groups is 3. The lowest BCUT2D eigenvalue weighted by Gasteiger charge is -2.41. The van der Waals surface area contributed by atoms with Gasteiger partial charge in [-0.1, -0.05) is 51.1 Å². The van der Waals surface area contributed by atoms with Crippen LogP contribution in [0.2, 0.25) is 0 Å². The van der Waals surface area contributed by atoms with Crippen LogP contribution < -0.4 is 5.73 Å². The molecular weight excluding hydrogens is 532 g/mol. The van der Waals surface area contributed by atoms with Crippen LogP contribution in [0.5, 0.6) is 0 Å². The fourth-order valence-corrected chi connectivity index (χ4v) is 4.80. The van der Waals surface area contributed by atoms with Gasteiger partial charge in [0, 0.05) is 43.0 Å². The quantitative estimate of drug-likeness (QED) is 0.331. The van der Waals surface area contributed by atoms with E-state index >= 15 is 0 Å². The molecule has 3 rings (SSSR count). The van der Waals surface area contributed by atoms with Gasteiger partial charge < -0.3 is 24.7 Å². The summed E-state index contributed by atoms with van der Waals surface area (Å²) in [5, 5.41) is 0. The van der Waals surface area contributed by atoms with Crippen LogP contribution in [-0.4, -0.2) is 53.6 Å². The molecule has 0 unspecified atom stereocenters. The molecule has 2 N–H and O–H groups in total. The molecule has 0 aliphatic rings. The fourth-order valence-electron chi connectivity index (χ4n) is 4.80. The third kappa shape index (κ3) is 8.23. The Hall–Kier alpha value is -4.05. The van der Waals surface area contributed by atoms with E-state index in [0.717, 1.165) is 23.8 Å². The number of methoxy groups -OCH3 is 1. The van der Waals surface area contributed by atoms with Gasteiger partial charge >= 0.3 is 11.9 Å². The van der Waals surface area contributed by atoms with Crippen LogP contribution in [-0.2, 0) is 30.4 Å². The Morgan fingerprint density at radius 1 is 1.05 bits per heavy atom. The van der Waals surface area contributed by atoms with Gasteiger partial charge in [0.05, 0.1) is 13.2 Å². The molecule has 220 valence electrons. The topological polar surface area (TPSA) is 104 Å². The number of nitrogens with two attached hydrogens (primary N) is 1. The van der Waals surface area contributed by atoms with Crippen molar-refractivity contribution in [2.75, 3.05) is 20.3 Å². The summed E-state index contributed by atoms with van der Waals surface area (Å²) in [5.74, 6) is -2.91.